The lowest BCUT2D eigenvalue weighted by atomic mass is 10.2. The minimum atomic E-state index is -0.225. The van der Waals surface area contributed by atoms with Gasteiger partial charge in [0.05, 0.1) is 11.0 Å². The van der Waals surface area contributed by atoms with Gasteiger partial charge in [0.25, 0.3) is 5.91 Å². The van der Waals surface area contributed by atoms with Gasteiger partial charge in [0.1, 0.15) is 11.9 Å². The molecule has 1 amide bonds. The van der Waals surface area contributed by atoms with Crippen molar-refractivity contribution < 1.29 is 9.53 Å². The zero-order valence-corrected chi connectivity index (χ0v) is 20.7. The molecule has 0 spiro atoms. The summed E-state index contributed by atoms with van der Waals surface area (Å²) in [5, 5.41) is 3.48. The van der Waals surface area contributed by atoms with Crippen molar-refractivity contribution in [2.75, 3.05) is 46.4 Å². The molecular formula is C22H33IN6O2. The first-order valence-corrected chi connectivity index (χ1v) is 10.9. The van der Waals surface area contributed by atoms with Crippen molar-refractivity contribution in [1.29, 1.82) is 0 Å². The van der Waals surface area contributed by atoms with Crippen molar-refractivity contribution in [2.45, 2.75) is 38.8 Å². The summed E-state index contributed by atoms with van der Waals surface area (Å²) >= 11 is 0. The summed E-state index contributed by atoms with van der Waals surface area (Å²) in [6, 6.07) is 8.27. The number of halogens is 1. The molecule has 4 rings (SSSR count). The minimum Gasteiger partial charge on any atom is -0.368 e. The summed E-state index contributed by atoms with van der Waals surface area (Å²) in [7, 11) is 1.82. The normalized spacial score (nSPS) is 19.5. The largest absolute Gasteiger partial charge is 0.368 e. The molecule has 31 heavy (non-hydrogen) atoms. The van der Waals surface area contributed by atoms with E-state index in [0.717, 1.165) is 75.8 Å². The van der Waals surface area contributed by atoms with E-state index >= 15 is 0 Å². The first kappa shape index (κ1) is 23.8. The Hall–Kier alpha value is -1.88. The molecule has 0 bridgehead atoms. The number of aliphatic imine (C=N–C) groups is 1. The number of imidazole rings is 1. The van der Waals surface area contributed by atoms with Crippen LogP contribution in [-0.2, 0) is 16.1 Å². The highest BCUT2D eigenvalue weighted by atomic mass is 127. The van der Waals surface area contributed by atoms with Crippen LogP contribution in [-0.4, -0.2) is 83.7 Å². The average Bonchev–Trinajstić information content (AvgIpc) is 3.42. The SMILES string of the molecule is CN=C(NCCCn1c(C)nc2ccccc21)N1CCN(C(=O)C2CCCO2)CC1.I. The van der Waals surface area contributed by atoms with Gasteiger partial charge < -0.3 is 24.4 Å². The number of fused-ring (bicyclic) bond motifs is 1. The van der Waals surface area contributed by atoms with Gasteiger partial charge in [-0.2, -0.15) is 0 Å². The molecule has 8 nitrogen and oxygen atoms in total. The van der Waals surface area contributed by atoms with E-state index in [9.17, 15) is 4.79 Å². The van der Waals surface area contributed by atoms with Gasteiger partial charge in [0.15, 0.2) is 5.96 Å². The highest BCUT2D eigenvalue weighted by molar-refractivity contribution is 14.0. The zero-order chi connectivity index (χ0) is 20.9. The Balaban J connectivity index is 0.00000272. The molecule has 1 aromatic carbocycles. The first-order valence-electron chi connectivity index (χ1n) is 10.9. The van der Waals surface area contributed by atoms with Crippen LogP contribution in [0.4, 0.5) is 0 Å². The fourth-order valence-electron chi connectivity index (χ4n) is 4.36. The number of piperazine rings is 1. The van der Waals surface area contributed by atoms with E-state index in [0.29, 0.717) is 6.61 Å². The maximum Gasteiger partial charge on any atom is 0.251 e. The van der Waals surface area contributed by atoms with Gasteiger partial charge in [-0.05, 0) is 38.3 Å². The molecule has 2 aliphatic heterocycles. The van der Waals surface area contributed by atoms with Crippen LogP contribution in [0, 0.1) is 6.92 Å². The lowest BCUT2D eigenvalue weighted by Gasteiger charge is -2.37. The van der Waals surface area contributed by atoms with E-state index in [-0.39, 0.29) is 36.0 Å². The molecule has 2 aromatic rings. The van der Waals surface area contributed by atoms with Crippen molar-refractivity contribution in [2.24, 2.45) is 4.99 Å². The Labute approximate surface area is 201 Å². The minimum absolute atomic E-state index is 0. The van der Waals surface area contributed by atoms with Crippen molar-refractivity contribution in [3.8, 4) is 0 Å². The number of hydrogen-bond donors (Lipinski definition) is 1. The molecule has 2 aliphatic rings. The second kappa shape index (κ2) is 11.1. The number of guanidine groups is 1. The molecule has 3 heterocycles. The molecular weight excluding hydrogens is 507 g/mol. The number of benzene rings is 1. The van der Waals surface area contributed by atoms with Gasteiger partial charge in [0, 0.05) is 52.9 Å². The summed E-state index contributed by atoms with van der Waals surface area (Å²) in [4.78, 5) is 25.8. The van der Waals surface area contributed by atoms with Crippen molar-refractivity contribution in [3.05, 3.63) is 30.1 Å². The monoisotopic (exact) mass is 540 g/mol. The molecule has 1 atom stereocenters. The molecule has 9 heteroatoms. The van der Waals surface area contributed by atoms with Crippen molar-refractivity contribution in [3.63, 3.8) is 0 Å². The first-order chi connectivity index (χ1) is 14.7. The summed E-state index contributed by atoms with van der Waals surface area (Å²) in [5.41, 5.74) is 2.24. The van der Waals surface area contributed by atoms with E-state index in [4.69, 9.17) is 4.74 Å². The second-order valence-electron chi connectivity index (χ2n) is 7.94. The molecule has 2 saturated heterocycles. The third-order valence-electron chi connectivity index (χ3n) is 5.99. The molecule has 0 saturated carbocycles. The second-order valence-corrected chi connectivity index (χ2v) is 7.94. The van der Waals surface area contributed by atoms with Gasteiger partial charge in [-0.3, -0.25) is 9.79 Å². The molecule has 1 aromatic heterocycles. The Morgan fingerprint density at radius 2 is 1.97 bits per heavy atom. The number of hydrogen-bond acceptors (Lipinski definition) is 4. The molecule has 1 N–H and O–H groups in total. The van der Waals surface area contributed by atoms with E-state index in [2.05, 4.69) is 49.9 Å². The third kappa shape index (κ3) is 5.49. The Kier molecular flexibility index (Phi) is 8.53. The highest BCUT2D eigenvalue weighted by Gasteiger charge is 2.30. The van der Waals surface area contributed by atoms with Gasteiger partial charge >= 0.3 is 0 Å². The topological polar surface area (TPSA) is 75.0 Å². The maximum absolute atomic E-state index is 12.5. The van der Waals surface area contributed by atoms with E-state index < -0.39 is 0 Å². The fraction of sp³-hybridized carbons (Fsp3) is 0.591. The van der Waals surface area contributed by atoms with Gasteiger partial charge in [-0.15, -0.1) is 24.0 Å². The van der Waals surface area contributed by atoms with Crippen LogP contribution in [0.1, 0.15) is 25.1 Å². The van der Waals surface area contributed by atoms with Crippen molar-refractivity contribution in [1.82, 2.24) is 24.7 Å². The quantitative estimate of drug-likeness (QED) is 0.273. The van der Waals surface area contributed by atoms with Crippen LogP contribution >= 0.6 is 24.0 Å². The third-order valence-corrected chi connectivity index (χ3v) is 5.99. The number of nitrogens with one attached hydrogen (secondary N) is 1. The Morgan fingerprint density at radius 1 is 1.23 bits per heavy atom. The van der Waals surface area contributed by atoms with Crippen LogP contribution in [0.3, 0.4) is 0 Å². The maximum atomic E-state index is 12.5. The number of carbonyl (C=O) groups is 1. The van der Waals surface area contributed by atoms with Crippen LogP contribution in [0.15, 0.2) is 29.3 Å². The summed E-state index contributed by atoms with van der Waals surface area (Å²) < 4.78 is 7.82. The lowest BCUT2D eigenvalue weighted by Crippen LogP contribution is -2.55. The number of para-hydroxylation sites is 2. The summed E-state index contributed by atoms with van der Waals surface area (Å²) in [6.07, 6.45) is 2.60. The standard InChI is InChI=1S/C22H32N6O2.HI/c1-17-25-18-7-3-4-8-19(18)28(17)11-6-10-24-22(23-2)27-14-12-26(13-15-27)21(29)20-9-5-16-30-20;/h3-4,7-8,20H,5-6,9-16H2,1-2H3,(H,23,24);1H. The molecule has 2 fully saturated rings. The highest BCUT2D eigenvalue weighted by Crippen LogP contribution is 2.17. The van der Waals surface area contributed by atoms with Crippen molar-refractivity contribution >= 4 is 46.9 Å². The summed E-state index contributed by atoms with van der Waals surface area (Å²) in [6.45, 7) is 7.56. The molecule has 1 unspecified atom stereocenters. The number of aromatic nitrogens is 2. The number of aryl methyl sites for hydroxylation is 2. The fourth-order valence-corrected chi connectivity index (χ4v) is 4.36. The number of amides is 1. The smallest absolute Gasteiger partial charge is 0.251 e. The van der Waals surface area contributed by atoms with Crippen LogP contribution in [0.5, 0.6) is 0 Å². The number of nitrogens with zero attached hydrogens (tertiary/aromatic N) is 5. The Morgan fingerprint density at radius 3 is 2.68 bits per heavy atom. The number of ether oxygens (including phenoxy) is 1. The summed E-state index contributed by atoms with van der Waals surface area (Å²) in [5.74, 6) is 2.11. The van der Waals surface area contributed by atoms with E-state index in [1.165, 1.54) is 5.52 Å². The predicted octanol–water partition coefficient (Wildman–Crippen LogP) is 2.25. The van der Waals surface area contributed by atoms with Gasteiger partial charge in [-0.25, -0.2) is 4.98 Å². The van der Waals surface area contributed by atoms with Gasteiger partial charge in [0.2, 0.25) is 0 Å². The average molecular weight is 540 g/mol. The van der Waals surface area contributed by atoms with Gasteiger partial charge in [-0.1, -0.05) is 12.1 Å². The predicted molar refractivity (Wildman–Crippen MR) is 133 cm³/mol. The lowest BCUT2D eigenvalue weighted by molar-refractivity contribution is -0.142. The van der Waals surface area contributed by atoms with Crippen LogP contribution in [0.2, 0.25) is 0 Å². The van der Waals surface area contributed by atoms with E-state index in [1.54, 1.807) is 0 Å². The zero-order valence-electron chi connectivity index (χ0n) is 18.4. The molecule has 0 radical (unpaired) electrons. The Bertz CT molecular complexity index is 901. The molecule has 170 valence electrons. The van der Waals surface area contributed by atoms with Crippen LogP contribution < -0.4 is 5.32 Å². The number of rotatable bonds is 5. The number of carbonyl (C=O) groups excluding carboxylic acids is 1. The van der Waals surface area contributed by atoms with Crippen LogP contribution in [0.25, 0.3) is 11.0 Å². The van der Waals surface area contributed by atoms with E-state index in [1.807, 2.05) is 18.0 Å². The molecule has 0 aliphatic carbocycles.